The summed E-state index contributed by atoms with van der Waals surface area (Å²) in [5.41, 5.74) is 1.59. The van der Waals surface area contributed by atoms with Crippen molar-refractivity contribution in [2.45, 2.75) is 52.5 Å². The highest BCUT2D eigenvalue weighted by Crippen LogP contribution is 2.22. The van der Waals surface area contributed by atoms with Gasteiger partial charge in [-0.05, 0) is 62.9 Å². The van der Waals surface area contributed by atoms with Crippen molar-refractivity contribution in [2.75, 3.05) is 36.8 Å². The molecule has 0 fully saturated rings. The van der Waals surface area contributed by atoms with Gasteiger partial charge < -0.3 is 15.0 Å². The van der Waals surface area contributed by atoms with E-state index in [9.17, 15) is 18.0 Å². The van der Waals surface area contributed by atoms with Crippen molar-refractivity contribution in [2.24, 2.45) is 0 Å². The van der Waals surface area contributed by atoms with Crippen LogP contribution in [0.25, 0.3) is 0 Å². The standard InChI is InChI=1S/C27H39N3O5S/c1-5-19-28-27(32)22(3)29(21-18-23-11-8-7-9-12-23)26(31)13-10-20-30(36(4,33)34)24-14-16-25(17-15-24)35-6-2/h7-9,11-12,14-17,22H,5-6,10,13,18-21H2,1-4H3,(H,28,32)/t22-/m1/s1. The minimum Gasteiger partial charge on any atom is -0.494 e. The van der Waals surface area contributed by atoms with Gasteiger partial charge >= 0.3 is 0 Å². The second kappa shape index (κ2) is 14.5. The highest BCUT2D eigenvalue weighted by atomic mass is 32.2. The largest absolute Gasteiger partial charge is 0.494 e. The quantitative estimate of drug-likeness (QED) is 0.389. The van der Waals surface area contributed by atoms with Crippen LogP contribution >= 0.6 is 0 Å². The van der Waals surface area contributed by atoms with Gasteiger partial charge in [-0.2, -0.15) is 0 Å². The second-order valence-corrected chi connectivity index (χ2v) is 10.6. The van der Waals surface area contributed by atoms with Crippen molar-refractivity contribution in [1.82, 2.24) is 10.2 Å². The number of hydrogen-bond donors (Lipinski definition) is 1. The van der Waals surface area contributed by atoms with Crippen LogP contribution in [0.1, 0.15) is 45.6 Å². The fourth-order valence-electron chi connectivity index (χ4n) is 3.85. The fraction of sp³-hybridized carbons (Fsp3) is 0.481. The van der Waals surface area contributed by atoms with Gasteiger partial charge in [-0.25, -0.2) is 8.42 Å². The number of benzene rings is 2. The number of nitrogens with zero attached hydrogens (tertiary/aromatic N) is 2. The number of amides is 2. The molecule has 1 N–H and O–H groups in total. The van der Waals surface area contributed by atoms with Crippen molar-refractivity contribution in [3.8, 4) is 5.75 Å². The molecular weight excluding hydrogens is 478 g/mol. The highest BCUT2D eigenvalue weighted by molar-refractivity contribution is 7.92. The molecule has 0 aliphatic carbocycles. The Morgan fingerprint density at radius 3 is 2.25 bits per heavy atom. The Balaban J connectivity index is 2.08. The molecule has 1 atom stereocenters. The van der Waals surface area contributed by atoms with Crippen molar-refractivity contribution in [3.05, 3.63) is 60.2 Å². The van der Waals surface area contributed by atoms with Gasteiger partial charge in [0, 0.05) is 26.1 Å². The van der Waals surface area contributed by atoms with Gasteiger partial charge in [0.1, 0.15) is 11.8 Å². The normalized spacial score (nSPS) is 12.0. The van der Waals surface area contributed by atoms with Gasteiger partial charge in [-0.1, -0.05) is 37.3 Å². The van der Waals surface area contributed by atoms with Crippen LogP contribution in [0.5, 0.6) is 5.75 Å². The van der Waals surface area contributed by atoms with E-state index in [-0.39, 0.29) is 24.8 Å². The lowest BCUT2D eigenvalue weighted by Gasteiger charge is -2.29. The van der Waals surface area contributed by atoms with Crippen LogP contribution in [0.3, 0.4) is 0 Å². The molecule has 0 aromatic heterocycles. The van der Waals surface area contributed by atoms with Crippen molar-refractivity contribution in [3.63, 3.8) is 0 Å². The lowest BCUT2D eigenvalue weighted by molar-refractivity contribution is -0.139. The third-order valence-corrected chi connectivity index (χ3v) is 6.98. The van der Waals surface area contributed by atoms with Gasteiger partial charge in [0.05, 0.1) is 18.6 Å². The number of carbonyl (C=O) groups excluding carboxylic acids is 2. The monoisotopic (exact) mass is 517 g/mol. The number of hydrogen-bond acceptors (Lipinski definition) is 5. The van der Waals surface area contributed by atoms with E-state index in [0.29, 0.717) is 44.0 Å². The van der Waals surface area contributed by atoms with Gasteiger partial charge in [-0.15, -0.1) is 0 Å². The molecule has 2 aromatic carbocycles. The number of ether oxygens (including phenoxy) is 1. The maximum Gasteiger partial charge on any atom is 0.242 e. The maximum absolute atomic E-state index is 13.2. The first-order valence-corrected chi connectivity index (χ1v) is 14.3. The fourth-order valence-corrected chi connectivity index (χ4v) is 4.81. The van der Waals surface area contributed by atoms with Crippen LogP contribution < -0.4 is 14.4 Å². The molecule has 2 amide bonds. The average Bonchev–Trinajstić information content (AvgIpc) is 2.86. The number of nitrogens with one attached hydrogen (secondary N) is 1. The molecule has 0 radical (unpaired) electrons. The summed E-state index contributed by atoms with van der Waals surface area (Å²) in [5.74, 6) is 0.296. The molecule has 36 heavy (non-hydrogen) atoms. The lowest BCUT2D eigenvalue weighted by Crippen LogP contribution is -2.49. The lowest BCUT2D eigenvalue weighted by atomic mass is 10.1. The summed E-state index contributed by atoms with van der Waals surface area (Å²) in [5, 5.41) is 2.86. The number of anilines is 1. The molecule has 0 aliphatic heterocycles. The van der Waals surface area contributed by atoms with Crippen molar-refractivity contribution >= 4 is 27.5 Å². The van der Waals surface area contributed by atoms with Crippen LogP contribution in [0.15, 0.2) is 54.6 Å². The topological polar surface area (TPSA) is 96.0 Å². The van der Waals surface area contributed by atoms with Crippen LogP contribution in [-0.2, 0) is 26.0 Å². The molecular formula is C27H39N3O5S. The van der Waals surface area contributed by atoms with Gasteiger partial charge in [0.15, 0.2) is 0 Å². The van der Waals surface area contributed by atoms with Gasteiger partial charge in [0.2, 0.25) is 21.8 Å². The minimum atomic E-state index is -3.54. The molecule has 0 saturated carbocycles. The molecule has 2 rings (SSSR count). The molecule has 0 aliphatic rings. The van der Waals surface area contributed by atoms with E-state index >= 15 is 0 Å². The number of sulfonamides is 1. The van der Waals surface area contributed by atoms with E-state index in [1.165, 1.54) is 4.31 Å². The first-order chi connectivity index (χ1) is 17.2. The summed E-state index contributed by atoms with van der Waals surface area (Å²) in [6.45, 7) is 7.21. The average molecular weight is 518 g/mol. The van der Waals surface area contributed by atoms with E-state index in [0.717, 1.165) is 18.2 Å². The summed E-state index contributed by atoms with van der Waals surface area (Å²) in [6, 6.07) is 16.0. The third kappa shape index (κ3) is 9.18. The van der Waals surface area contributed by atoms with E-state index in [2.05, 4.69) is 5.32 Å². The van der Waals surface area contributed by atoms with Gasteiger partial charge in [-0.3, -0.25) is 13.9 Å². The zero-order valence-corrected chi connectivity index (χ0v) is 22.6. The Kier molecular flexibility index (Phi) is 11.7. The molecule has 2 aromatic rings. The maximum atomic E-state index is 13.2. The molecule has 0 spiro atoms. The van der Waals surface area contributed by atoms with E-state index in [1.807, 2.05) is 44.2 Å². The van der Waals surface area contributed by atoms with Crippen molar-refractivity contribution in [1.29, 1.82) is 0 Å². The summed E-state index contributed by atoms with van der Waals surface area (Å²) in [4.78, 5) is 27.5. The number of carbonyl (C=O) groups is 2. The Morgan fingerprint density at radius 2 is 1.67 bits per heavy atom. The van der Waals surface area contributed by atoms with Crippen LogP contribution in [-0.4, -0.2) is 63.7 Å². The summed E-state index contributed by atoms with van der Waals surface area (Å²) in [7, 11) is -3.54. The summed E-state index contributed by atoms with van der Waals surface area (Å²) < 4.78 is 31.6. The predicted octanol–water partition coefficient (Wildman–Crippen LogP) is 3.62. The zero-order valence-electron chi connectivity index (χ0n) is 21.8. The molecule has 0 heterocycles. The predicted molar refractivity (Wildman–Crippen MR) is 144 cm³/mol. The second-order valence-electron chi connectivity index (χ2n) is 8.66. The van der Waals surface area contributed by atoms with Gasteiger partial charge in [0.25, 0.3) is 0 Å². The first-order valence-electron chi connectivity index (χ1n) is 12.5. The van der Waals surface area contributed by atoms with Crippen LogP contribution in [0.4, 0.5) is 5.69 Å². The van der Waals surface area contributed by atoms with E-state index in [4.69, 9.17) is 4.74 Å². The highest BCUT2D eigenvalue weighted by Gasteiger charge is 2.26. The Labute approximate surface area is 215 Å². The van der Waals surface area contributed by atoms with Crippen LogP contribution in [0, 0.1) is 0 Å². The molecule has 9 heteroatoms. The van der Waals surface area contributed by atoms with E-state index in [1.54, 1.807) is 36.1 Å². The zero-order chi connectivity index (χ0) is 26.6. The van der Waals surface area contributed by atoms with E-state index < -0.39 is 16.1 Å². The first kappa shape index (κ1) is 29.2. The summed E-state index contributed by atoms with van der Waals surface area (Å²) in [6.07, 6.45) is 3.04. The van der Waals surface area contributed by atoms with Crippen molar-refractivity contribution < 1.29 is 22.7 Å². The van der Waals surface area contributed by atoms with Crippen LogP contribution in [0.2, 0.25) is 0 Å². The molecule has 198 valence electrons. The number of rotatable bonds is 15. The Bertz CT molecular complexity index is 1060. The molecule has 8 nitrogen and oxygen atoms in total. The molecule has 0 unspecified atom stereocenters. The SMILES string of the molecule is CCCNC(=O)[C@@H](C)N(CCc1ccccc1)C(=O)CCCN(c1ccc(OCC)cc1)S(C)(=O)=O. The summed E-state index contributed by atoms with van der Waals surface area (Å²) >= 11 is 0. The molecule has 0 bridgehead atoms. The third-order valence-electron chi connectivity index (χ3n) is 5.79. The molecule has 0 saturated heterocycles. The smallest absolute Gasteiger partial charge is 0.242 e. The minimum absolute atomic E-state index is 0.128. The Morgan fingerprint density at radius 1 is 1.00 bits per heavy atom. The Hall–Kier alpha value is -3.07.